The molecule has 2 amide bonds. The first-order valence-electron chi connectivity index (χ1n) is 8.96. The van der Waals surface area contributed by atoms with Crippen molar-refractivity contribution in [3.8, 4) is 0 Å². The Morgan fingerprint density at radius 2 is 1.63 bits per heavy atom. The zero-order valence-electron chi connectivity index (χ0n) is 16.6. The molecule has 0 aliphatic carbocycles. The van der Waals surface area contributed by atoms with Crippen LogP contribution in [0, 0.1) is 6.92 Å². The number of rotatable bonds is 2. The quantitative estimate of drug-likeness (QED) is 0.767. The highest BCUT2D eigenvalue weighted by atomic mass is 32.2. The second-order valence-corrected chi connectivity index (χ2v) is 9.85. The van der Waals surface area contributed by atoms with Gasteiger partial charge in [0.15, 0.2) is 9.84 Å². The number of hydrogen-bond acceptors (Lipinski definition) is 5. The molecule has 150 valence electrons. The Labute approximate surface area is 161 Å². The fourth-order valence-corrected chi connectivity index (χ4v) is 3.94. The number of benzene rings is 1. The predicted octanol–water partition coefficient (Wildman–Crippen LogP) is 2.48. The molecule has 0 radical (unpaired) electrons. The number of amides is 2. The van der Waals surface area contributed by atoms with Gasteiger partial charge >= 0.3 is 6.09 Å². The summed E-state index contributed by atoms with van der Waals surface area (Å²) in [6.45, 7) is 8.92. The highest BCUT2D eigenvalue weighted by molar-refractivity contribution is 7.90. The highest BCUT2D eigenvalue weighted by Gasteiger charge is 2.26. The molecule has 1 heterocycles. The van der Waals surface area contributed by atoms with Crippen LogP contribution in [-0.2, 0) is 14.6 Å². The molecule has 8 heteroatoms. The van der Waals surface area contributed by atoms with E-state index < -0.39 is 15.4 Å². The van der Waals surface area contributed by atoms with E-state index >= 15 is 0 Å². The highest BCUT2D eigenvalue weighted by Crippen LogP contribution is 2.19. The van der Waals surface area contributed by atoms with Gasteiger partial charge in [-0.1, -0.05) is 6.07 Å². The summed E-state index contributed by atoms with van der Waals surface area (Å²) in [7, 11) is -3.41. The number of aryl methyl sites for hydroxylation is 1. The van der Waals surface area contributed by atoms with Gasteiger partial charge in [-0.25, -0.2) is 13.2 Å². The molecule has 0 bridgehead atoms. The summed E-state index contributed by atoms with van der Waals surface area (Å²) in [5.41, 5.74) is 0.385. The number of ether oxygens (including phenoxy) is 1. The first-order chi connectivity index (χ1) is 12.4. The summed E-state index contributed by atoms with van der Waals surface area (Å²) in [6.07, 6.45) is 1.38. The molecule has 1 aromatic carbocycles. The molecule has 0 aromatic heterocycles. The van der Waals surface area contributed by atoms with Crippen molar-refractivity contribution in [1.82, 2.24) is 9.80 Å². The molecular weight excluding hydrogens is 368 g/mol. The first kappa shape index (κ1) is 21.2. The second kappa shape index (κ2) is 7.88. The van der Waals surface area contributed by atoms with Gasteiger partial charge in [0.1, 0.15) is 5.60 Å². The van der Waals surface area contributed by atoms with Crippen LogP contribution in [0.3, 0.4) is 0 Å². The van der Waals surface area contributed by atoms with Crippen LogP contribution >= 0.6 is 0 Å². The van der Waals surface area contributed by atoms with Crippen LogP contribution in [-0.4, -0.2) is 68.3 Å². The van der Waals surface area contributed by atoms with Gasteiger partial charge in [0.2, 0.25) is 0 Å². The van der Waals surface area contributed by atoms with E-state index in [0.29, 0.717) is 43.7 Å². The topological polar surface area (TPSA) is 84.0 Å². The fourth-order valence-electron chi connectivity index (χ4n) is 2.94. The number of hydrogen-bond donors (Lipinski definition) is 0. The van der Waals surface area contributed by atoms with Crippen molar-refractivity contribution in [2.24, 2.45) is 0 Å². The summed E-state index contributed by atoms with van der Waals surface area (Å²) < 4.78 is 29.2. The molecular formula is C19H28N2O5S. The zero-order chi connectivity index (χ0) is 20.4. The molecule has 1 aliphatic rings. The Balaban J connectivity index is 2.12. The van der Waals surface area contributed by atoms with E-state index in [9.17, 15) is 18.0 Å². The first-order valence-corrected chi connectivity index (χ1v) is 10.9. The minimum atomic E-state index is -3.41. The van der Waals surface area contributed by atoms with Gasteiger partial charge in [-0.2, -0.15) is 0 Å². The van der Waals surface area contributed by atoms with Crippen LogP contribution in [0.15, 0.2) is 23.1 Å². The third-order valence-corrected chi connectivity index (χ3v) is 5.51. The lowest BCUT2D eigenvalue weighted by Gasteiger charge is -2.26. The number of sulfone groups is 1. The zero-order valence-corrected chi connectivity index (χ0v) is 17.4. The molecule has 0 saturated carbocycles. The van der Waals surface area contributed by atoms with Crippen LogP contribution in [0.4, 0.5) is 4.79 Å². The minimum Gasteiger partial charge on any atom is -0.444 e. The smallest absolute Gasteiger partial charge is 0.410 e. The van der Waals surface area contributed by atoms with Crippen molar-refractivity contribution in [3.63, 3.8) is 0 Å². The van der Waals surface area contributed by atoms with E-state index in [1.165, 1.54) is 6.07 Å². The largest absolute Gasteiger partial charge is 0.444 e. The van der Waals surface area contributed by atoms with Gasteiger partial charge in [-0.05, 0) is 51.8 Å². The van der Waals surface area contributed by atoms with Crippen molar-refractivity contribution < 1.29 is 22.7 Å². The molecule has 0 atom stereocenters. The molecule has 7 nitrogen and oxygen atoms in total. The molecule has 2 rings (SSSR count). The summed E-state index contributed by atoms with van der Waals surface area (Å²) >= 11 is 0. The van der Waals surface area contributed by atoms with E-state index in [2.05, 4.69) is 0 Å². The van der Waals surface area contributed by atoms with Crippen molar-refractivity contribution in [2.75, 3.05) is 32.4 Å². The van der Waals surface area contributed by atoms with Gasteiger partial charge in [0, 0.05) is 38.0 Å². The minimum absolute atomic E-state index is 0.165. The summed E-state index contributed by atoms with van der Waals surface area (Å²) in [4.78, 5) is 28.5. The molecule has 0 unspecified atom stereocenters. The van der Waals surface area contributed by atoms with Gasteiger partial charge in [0.25, 0.3) is 5.91 Å². The van der Waals surface area contributed by atoms with E-state index in [0.717, 1.165) is 6.26 Å². The summed E-state index contributed by atoms with van der Waals surface area (Å²) in [5, 5.41) is 0. The Kier molecular flexibility index (Phi) is 6.19. The van der Waals surface area contributed by atoms with Crippen molar-refractivity contribution >= 4 is 21.8 Å². The lowest BCUT2D eigenvalue weighted by Crippen LogP contribution is -2.40. The third kappa shape index (κ3) is 5.69. The second-order valence-electron chi connectivity index (χ2n) is 7.87. The Bertz CT molecular complexity index is 827. The molecule has 1 aromatic rings. The van der Waals surface area contributed by atoms with Crippen molar-refractivity contribution in [3.05, 3.63) is 29.3 Å². The Morgan fingerprint density at radius 3 is 2.22 bits per heavy atom. The van der Waals surface area contributed by atoms with Crippen LogP contribution in [0.1, 0.15) is 43.1 Å². The van der Waals surface area contributed by atoms with Crippen molar-refractivity contribution in [2.45, 2.75) is 44.6 Å². The molecule has 0 N–H and O–H groups in total. The van der Waals surface area contributed by atoms with Crippen LogP contribution in [0.5, 0.6) is 0 Å². The molecule has 1 saturated heterocycles. The number of nitrogens with zero attached hydrogens (tertiary/aromatic N) is 2. The van der Waals surface area contributed by atoms with Gasteiger partial charge < -0.3 is 14.5 Å². The Hall–Kier alpha value is -2.09. The van der Waals surface area contributed by atoms with Gasteiger partial charge in [-0.3, -0.25) is 4.79 Å². The maximum Gasteiger partial charge on any atom is 0.410 e. The predicted molar refractivity (Wildman–Crippen MR) is 103 cm³/mol. The van der Waals surface area contributed by atoms with E-state index in [4.69, 9.17) is 4.74 Å². The normalized spacial score (nSPS) is 16.0. The maximum absolute atomic E-state index is 12.8. The lowest BCUT2D eigenvalue weighted by molar-refractivity contribution is 0.0255. The molecule has 27 heavy (non-hydrogen) atoms. The summed E-state index contributed by atoms with van der Waals surface area (Å²) in [6, 6.07) is 4.72. The van der Waals surface area contributed by atoms with Crippen LogP contribution in [0.2, 0.25) is 0 Å². The standard InChI is InChI=1S/C19H28N2O5S/c1-14-7-8-15(13-16(14)27(5,24)25)17(22)20-9-6-10-21(12-11-20)18(23)26-19(2,3)4/h7-8,13H,6,9-12H2,1-5H3. The monoisotopic (exact) mass is 396 g/mol. The van der Waals surface area contributed by atoms with Gasteiger partial charge in [0.05, 0.1) is 4.90 Å². The molecule has 1 aliphatic heterocycles. The SMILES string of the molecule is Cc1ccc(C(=O)N2CCCN(C(=O)OC(C)(C)C)CC2)cc1S(C)(=O)=O. The fraction of sp³-hybridized carbons (Fsp3) is 0.579. The lowest BCUT2D eigenvalue weighted by atomic mass is 10.1. The van der Waals surface area contributed by atoms with E-state index in [-0.39, 0.29) is 16.9 Å². The number of carbonyl (C=O) groups is 2. The maximum atomic E-state index is 12.8. The molecule has 1 fully saturated rings. The third-order valence-electron chi connectivity index (χ3n) is 4.27. The average Bonchev–Trinajstić information content (AvgIpc) is 2.78. The summed E-state index contributed by atoms with van der Waals surface area (Å²) in [5.74, 6) is -0.231. The van der Waals surface area contributed by atoms with Crippen LogP contribution in [0.25, 0.3) is 0 Å². The van der Waals surface area contributed by atoms with Gasteiger partial charge in [-0.15, -0.1) is 0 Å². The average molecular weight is 397 g/mol. The van der Waals surface area contributed by atoms with E-state index in [1.54, 1.807) is 28.9 Å². The van der Waals surface area contributed by atoms with Crippen LogP contribution < -0.4 is 0 Å². The number of carbonyl (C=O) groups excluding carboxylic acids is 2. The molecule has 0 spiro atoms. The van der Waals surface area contributed by atoms with Crippen molar-refractivity contribution in [1.29, 1.82) is 0 Å². The Morgan fingerprint density at radius 1 is 1.04 bits per heavy atom. The van der Waals surface area contributed by atoms with E-state index in [1.807, 2.05) is 20.8 Å².